The number of likely N-dealkylation sites (N-methyl/N-ethyl adjacent to an activating group) is 1. The molecule has 3 rings (SSSR count). The predicted molar refractivity (Wildman–Crippen MR) is 80.6 cm³/mol. The van der Waals surface area contributed by atoms with Crippen LogP contribution in [0.1, 0.15) is 30.4 Å². The molecular weight excluding hydrogens is 248 g/mol. The van der Waals surface area contributed by atoms with Gasteiger partial charge < -0.3 is 10.2 Å². The van der Waals surface area contributed by atoms with Gasteiger partial charge >= 0.3 is 0 Å². The lowest BCUT2D eigenvalue weighted by Crippen LogP contribution is -2.44. The molecule has 1 fully saturated rings. The molecule has 0 bridgehead atoms. The van der Waals surface area contributed by atoms with Crippen LogP contribution in [0.2, 0.25) is 0 Å². The first-order chi connectivity index (χ1) is 9.74. The Morgan fingerprint density at radius 1 is 1.25 bits per heavy atom. The molecule has 1 aromatic carbocycles. The average molecular weight is 272 g/mol. The first-order valence-electron chi connectivity index (χ1n) is 7.77. The molecule has 0 radical (unpaired) electrons. The lowest BCUT2D eigenvalue weighted by Gasteiger charge is -2.32. The third kappa shape index (κ3) is 3.21. The van der Waals surface area contributed by atoms with Gasteiger partial charge in [-0.3, -0.25) is 4.79 Å². The number of aryl methyl sites for hydroxylation is 1. The van der Waals surface area contributed by atoms with E-state index >= 15 is 0 Å². The van der Waals surface area contributed by atoms with Gasteiger partial charge in [-0.2, -0.15) is 0 Å². The lowest BCUT2D eigenvalue weighted by atomic mass is 9.87. The molecule has 1 amide bonds. The molecule has 0 heterocycles. The average Bonchev–Trinajstić information content (AvgIpc) is 3.30. The highest BCUT2D eigenvalue weighted by molar-refractivity contribution is 5.78. The van der Waals surface area contributed by atoms with E-state index in [-0.39, 0.29) is 5.91 Å². The van der Waals surface area contributed by atoms with E-state index in [0.717, 1.165) is 31.7 Å². The summed E-state index contributed by atoms with van der Waals surface area (Å²) in [5, 5.41) is 3.30. The monoisotopic (exact) mass is 272 g/mol. The smallest absolute Gasteiger partial charge is 0.236 e. The molecule has 1 aromatic rings. The van der Waals surface area contributed by atoms with E-state index in [1.165, 1.54) is 24.0 Å². The van der Waals surface area contributed by atoms with Gasteiger partial charge in [0.1, 0.15) is 0 Å². The van der Waals surface area contributed by atoms with Gasteiger partial charge in [-0.05, 0) is 55.7 Å². The van der Waals surface area contributed by atoms with Crippen molar-refractivity contribution in [3.05, 3.63) is 35.4 Å². The van der Waals surface area contributed by atoms with Gasteiger partial charge in [-0.15, -0.1) is 0 Å². The second kappa shape index (κ2) is 5.96. The van der Waals surface area contributed by atoms with Gasteiger partial charge in [0.2, 0.25) is 5.91 Å². The minimum Gasteiger partial charge on any atom is -0.341 e. The molecule has 0 saturated heterocycles. The molecule has 0 aliphatic heterocycles. The molecule has 1 saturated carbocycles. The number of nitrogens with zero attached hydrogens (tertiary/aromatic N) is 1. The summed E-state index contributed by atoms with van der Waals surface area (Å²) in [6.07, 6.45) is 5.84. The number of carbonyl (C=O) groups excluding carboxylic acids is 1. The van der Waals surface area contributed by atoms with Gasteiger partial charge in [0, 0.05) is 13.1 Å². The van der Waals surface area contributed by atoms with Crippen molar-refractivity contribution in [3.63, 3.8) is 0 Å². The van der Waals surface area contributed by atoms with Crippen LogP contribution >= 0.6 is 0 Å². The summed E-state index contributed by atoms with van der Waals surface area (Å²) in [5.74, 6) is 1.06. The minimum atomic E-state index is 0.232. The molecular formula is C17H24N2O. The van der Waals surface area contributed by atoms with E-state index < -0.39 is 0 Å². The first-order valence-corrected chi connectivity index (χ1v) is 7.77. The van der Waals surface area contributed by atoms with Crippen LogP contribution in [-0.2, 0) is 17.6 Å². The van der Waals surface area contributed by atoms with Crippen LogP contribution in [0.25, 0.3) is 0 Å². The van der Waals surface area contributed by atoms with Crippen molar-refractivity contribution < 1.29 is 4.79 Å². The number of fused-ring (bicyclic) bond motifs is 1. The number of rotatable bonds is 5. The summed E-state index contributed by atoms with van der Waals surface area (Å²) in [7, 11) is 1.96. The number of hydrogen-bond acceptors (Lipinski definition) is 2. The number of benzene rings is 1. The van der Waals surface area contributed by atoms with E-state index in [9.17, 15) is 4.79 Å². The van der Waals surface area contributed by atoms with Crippen LogP contribution < -0.4 is 5.32 Å². The van der Waals surface area contributed by atoms with Crippen molar-refractivity contribution in [2.75, 3.05) is 20.1 Å². The van der Waals surface area contributed by atoms with Gasteiger partial charge in [0.05, 0.1) is 6.54 Å². The van der Waals surface area contributed by atoms with Crippen LogP contribution in [0.3, 0.4) is 0 Å². The third-order valence-electron chi connectivity index (χ3n) is 4.67. The topological polar surface area (TPSA) is 32.3 Å². The fraction of sp³-hybridized carbons (Fsp3) is 0.588. The Labute approximate surface area is 121 Å². The number of carbonyl (C=O) groups is 1. The van der Waals surface area contributed by atoms with E-state index in [1.54, 1.807) is 0 Å². The molecule has 20 heavy (non-hydrogen) atoms. The van der Waals surface area contributed by atoms with Crippen LogP contribution in [0.4, 0.5) is 0 Å². The quantitative estimate of drug-likeness (QED) is 0.889. The Kier molecular flexibility index (Phi) is 4.06. The van der Waals surface area contributed by atoms with Crippen LogP contribution in [0, 0.1) is 5.92 Å². The molecule has 2 aliphatic rings. The van der Waals surface area contributed by atoms with Crippen molar-refractivity contribution in [2.24, 2.45) is 5.92 Å². The van der Waals surface area contributed by atoms with Crippen molar-refractivity contribution in [1.29, 1.82) is 0 Å². The normalized spacial score (nSPS) is 21.4. The fourth-order valence-corrected chi connectivity index (χ4v) is 3.04. The number of amides is 1. The zero-order valence-electron chi connectivity index (χ0n) is 12.3. The van der Waals surface area contributed by atoms with Crippen LogP contribution in [0.5, 0.6) is 0 Å². The molecule has 0 aromatic heterocycles. The lowest BCUT2D eigenvalue weighted by molar-refractivity contribution is -0.131. The minimum absolute atomic E-state index is 0.232. The standard InChI is InChI=1S/C17H24N2O/c1-19(17(20)12-18-11-13-6-7-13)16-9-8-14-4-2-3-5-15(14)10-16/h2-5,13,16,18H,6-12H2,1H3. The van der Waals surface area contributed by atoms with Crippen molar-refractivity contribution >= 4 is 5.91 Å². The molecule has 1 N–H and O–H groups in total. The van der Waals surface area contributed by atoms with Crippen LogP contribution in [0.15, 0.2) is 24.3 Å². The zero-order valence-corrected chi connectivity index (χ0v) is 12.3. The zero-order chi connectivity index (χ0) is 13.9. The Bertz CT molecular complexity index is 482. The Balaban J connectivity index is 1.52. The highest BCUT2D eigenvalue weighted by Crippen LogP contribution is 2.27. The van der Waals surface area contributed by atoms with E-state index in [1.807, 2.05) is 11.9 Å². The van der Waals surface area contributed by atoms with E-state index in [0.29, 0.717) is 12.6 Å². The summed E-state index contributed by atoms with van der Waals surface area (Å²) in [5.41, 5.74) is 2.87. The maximum atomic E-state index is 12.2. The second-order valence-electron chi connectivity index (χ2n) is 6.24. The van der Waals surface area contributed by atoms with Crippen molar-refractivity contribution in [3.8, 4) is 0 Å². The summed E-state index contributed by atoms with van der Waals surface area (Å²) in [6, 6.07) is 8.98. The molecule has 2 aliphatic carbocycles. The highest BCUT2D eigenvalue weighted by Gasteiger charge is 2.25. The fourth-order valence-electron chi connectivity index (χ4n) is 3.04. The molecule has 3 heteroatoms. The Morgan fingerprint density at radius 3 is 2.75 bits per heavy atom. The van der Waals surface area contributed by atoms with Gasteiger partial charge in [0.25, 0.3) is 0 Å². The largest absolute Gasteiger partial charge is 0.341 e. The predicted octanol–water partition coefficient (Wildman–Crippen LogP) is 2.00. The van der Waals surface area contributed by atoms with Crippen LogP contribution in [-0.4, -0.2) is 37.0 Å². The summed E-state index contributed by atoms with van der Waals surface area (Å²) >= 11 is 0. The molecule has 1 unspecified atom stereocenters. The molecule has 108 valence electrons. The molecule has 1 atom stereocenters. The molecule has 0 spiro atoms. The van der Waals surface area contributed by atoms with Crippen molar-refractivity contribution in [1.82, 2.24) is 10.2 Å². The van der Waals surface area contributed by atoms with Gasteiger partial charge in [-0.25, -0.2) is 0 Å². The van der Waals surface area contributed by atoms with Gasteiger partial charge in [0.15, 0.2) is 0 Å². The Hall–Kier alpha value is -1.35. The summed E-state index contributed by atoms with van der Waals surface area (Å²) in [6.45, 7) is 1.50. The Morgan fingerprint density at radius 2 is 2.00 bits per heavy atom. The highest BCUT2D eigenvalue weighted by atomic mass is 16.2. The second-order valence-corrected chi connectivity index (χ2v) is 6.24. The third-order valence-corrected chi connectivity index (χ3v) is 4.67. The number of nitrogens with one attached hydrogen (secondary N) is 1. The van der Waals surface area contributed by atoms with E-state index in [4.69, 9.17) is 0 Å². The summed E-state index contributed by atoms with van der Waals surface area (Å²) < 4.78 is 0. The maximum absolute atomic E-state index is 12.2. The van der Waals surface area contributed by atoms with Gasteiger partial charge in [-0.1, -0.05) is 24.3 Å². The molecule has 3 nitrogen and oxygen atoms in total. The maximum Gasteiger partial charge on any atom is 0.236 e. The first kappa shape index (κ1) is 13.6. The van der Waals surface area contributed by atoms with Crippen molar-refractivity contribution in [2.45, 2.75) is 38.1 Å². The van der Waals surface area contributed by atoms with E-state index in [2.05, 4.69) is 29.6 Å². The summed E-state index contributed by atoms with van der Waals surface area (Å²) in [4.78, 5) is 14.2. The SMILES string of the molecule is CN(C(=O)CNCC1CC1)C1CCc2ccccc2C1. The number of hydrogen-bond donors (Lipinski definition) is 1.